The van der Waals surface area contributed by atoms with E-state index in [-0.39, 0.29) is 11.5 Å². The molecule has 1 aromatic rings. The first-order valence-electron chi connectivity index (χ1n) is 10.2. The Hall–Kier alpha value is -1.84. The maximum atomic E-state index is 11.8. The average molecular weight is 362 g/mol. The van der Waals surface area contributed by atoms with Gasteiger partial charge in [0.05, 0.1) is 5.56 Å². The van der Waals surface area contributed by atoms with Crippen LogP contribution in [0.1, 0.15) is 99.9 Å². The number of unbranched alkanes of at least 4 members (excludes halogenated alkanes) is 10. The summed E-state index contributed by atoms with van der Waals surface area (Å²) in [7, 11) is 0. The molecule has 4 heteroatoms. The fourth-order valence-corrected chi connectivity index (χ4v) is 3.00. The van der Waals surface area contributed by atoms with E-state index in [1.165, 1.54) is 57.8 Å². The summed E-state index contributed by atoms with van der Waals surface area (Å²) in [5.41, 5.74) is 1.18. The number of hydrogen-bond donors (Lipinski definition) is 2. The van der Waals surface area contributed by atoms with Gasteiger partial charge in [0.25, 0.3) is 0 Å². The third-order valence-electron chi connectivity index (χ3n) is 4.70. The van der Waals surface area contributed by atoms with Gasteiger partial charge in [-0.2, -0.15) is 0 Å². The van der Waals surface area contributed by atoms with Gasteiger partial charge in [-0.3, -0.25) is 4.79 Å². The van der Waals surface area contributed by atoms with Crippen LogP contribution in [0.5, 0.6) is 0 Å². The first kappa shape index (κ1) is 22.2. The summed E-state index contributed by atoms with van der Waals surface area (Å²) < 4.78 is 0. The molecule has 146 valence electrons. The number of carbonyl (C=O) groups is 2. The monoisotopic (exact) mass is 361 g/mol. The summed E-state index contributed by atoms with van der Waals surface area (Å²) in [4.78, 5) is 22.6. The number of carboxylic acid groups (broad SMARTS) is 1. The Labute approximate surface area is 158 Å². The molecule has 0 aliphatic rings. The number of carboxylic acids is 1. The largest absolute Gasteiger partial charge is 0.478 e. The van der Waals surface area contributed by atoms with Gasteiger partial charge in [-0.25, -0.2) is 4.79 Å². The fourth-order valence-electron chi connectivity index (χ4n) is 3.00. The quantitative estimate of drug-likeness (QED) is 0.394. The maximum Gasteiger partial charge on any atom is 0.335 e. The van der Waals surface area contributed by atoms with Crippen LogP contribution in [0, 0.1) is 0 Å². The van der Waals surface area contributed by atoms with E-state index in [2.05, 4.69) is 12.2 Å². The molecule has 0 heterocycles. The Morgan fingerprint density at radius 1 is 0.808 bits per heavy atom. The molecule has 0 unspecified atom stereocenters. The van der Waals surface area contributed by atoms with Crippen LogP contribution in [-0.4, -0.2) is 17.0 Å². The zero-order valence-electron chi connectivity index (χ0n) is 16.3. The molecular formula is C22H35NO3. The number of nitrogens with one attached hydrogen (secondary N) is 1. The van der Waals surface area contributed by atoms with Crippen molar-refractivity contribution < 1.29 is 14.7 Å². The van der Waals surface area contributed by atoms with E-state index in [0.29, 0.717) is 13.0 Å². The third kappa shape index (κ3) is 10.9. The van der Waals surface area contributed by atoms with Crippen molar-refractivity contribution in [3.8, 4) is 0 Å². The minimum absolute atomic E-state index is 0.0724. The van der Waals surface area contributed by atoms with E-state index in [1.807, 2.05) is 0 Å². The van der Waals surface area contributed by atoms with Crippen molar-refractivity contribution in [2.24, 2.45) is 0 Å². The summed E-state index contributed by atoms with van der Waals surface area (Å²) in [6.45, 7) is 2.70. The van der Waals surface area contributed by atoms with Gasteiger partial charge in [0, 0.05) is 13.0 Å². The minimum atomic E-state index is -0.933. The van der Waals surface area contributed by atoms with Crippen molar-refractivity contribution in [3.63, 3.8) is 0 Å². The molecule has 0 saturated carbocycles. The predicted molar refractivity (Wildman–Crippen MR) is 106 cm³/mol. The molecule has 0 atom stereocenters. The van der Waals surface area contributed by atoms with Gasteiger partial charge < -0.3 is 10.4 Å². The first-order chi connectivity index (χ1) is 12.6. The number of benzene rings is 1. The Balaban J connectivity index is 1.96. The standard InChI is InChI=1S/C22H35NO3/c1-2-3-4-5-6-7-8-9-10-11-12-13-21(24)23-18-19-14-16-20(17-15-19)22(25)26/h14-17H,2-13,18H2,1H3,(H,23,24)(H,25,26). The van der Waals surface area contributed by atoms with Gasteiger partial charge in [0.15, 0.2) is 0 Å². The van der Waals surface area contributed by atoms with Crippen LogP contribution in [0.2, 0.25) is 0 Å². The minimum Gasteiger partial charge on any atom is -0.478 e. The summed E-state index contributed by atoms with van der Waals surface area (Å²) in [5.74, 6) is -0.861. The summed E-state index contributed by atoms with van der Waals surface area (Å²) in [5, 5.41) is 11.8. The molecule has 0 spiro atoms. The molecule has 0 radical (unpaired) electrons. The molecule has 0 aliphatic carbocycles. The van der Waals surface area contributed by atoms with Crippen molar-refractivity contribution in [2.75, 3.05) is 0 Å². The Bertz CT molecular complexity index is 511. The highest BCUT2D eigenvalue weighted by atomic mass is 16.4. The molecule has 2 N–H and O–H groups in total. The van der Waals surface area contributed by atoms with Gasteiger partial charge >= 0.3 is 5.97 Å². The van der Waals surface area contributed by atoms with Crippen molar-refractivity contribution in [1.29, 1.82) is 0 Å². The lowest BCUT2D eigenvalue weighted by Gasteiger charge is -2.06. The molecule has 1 aromatic carbocycles. The number of rotatable bonds is 15. The zero-order valence-corrected chi connectivity index (χ0v) is 16.3. The molecule has 4 nitrogen and oxygen atoms in total. The number of amides is 1. The van der Waals surface area contributed by atoms with E-state index in [9.17, 15) is 9.59 Å². The summed E-state index contributed by atoms with van der Waals surface area (Å²) in [6, 6.07) is 6.61. The lowest BCUT2D eigenvalue weighted by atomic mass is 10.1. The molecule has 0 fully saturated rings. The van der Waals surface area contributed by atoms with Crippen LogP contribution in [0.25, 0.3) is 0 Å². The van der Waals surface area contributed by atoms with Crippen LogP contribution in [0.15, 0.2) is 24.3 Å². The second kappa shape index (κ2) is 14.3. The van der Waals surface area contributed by atoms with Crippen LogP contribution in [0.4, 0.5) is 0 Å². The van der Waals surface area contributed by atoms with Gasteiger partial charge in [0.2, 0.25) is 5.91 Å². The average Bonchev–Trinajstić information content (AvgIpc) is 2.64. The van der Waals surface area contributed by atoms with Crippen molar-refractivity contribution in [2.45, 2.75) is 90.5 Å². The first-order valence-corrected chi connectivity index (χ1v) is 10.2. The maximum absolute atomic E-state index is 11.8. The topological polar surface area (TPSA) is 66.4 Å². The van der Waals surface area contributed by atoms with E-state index in [4.69, 9.17) is 5.11 Å². The Morgan fingerprint density at radius 3 is 1.81 bits per heavy atom. The Kier molecular flexibility index (Phi) is 12.2. The zero-order chi connectivity index (χ0) is 19.0. The lowest BCUT2D eigenvalue weighted by molar-refractivity contribution is -0.121. The smallest absolute Gasteiger partial charge is 0.335 e. The SMILES string of the molecule is CCCCCCCCCCCCCC(=O)NCc1ccc(C(=O)O)cc1. The van der Waals surface area contributed by atoms with Crippen LogP contribution in [0.3, 0.4) is 0 Å². The number of hydrogen-bond acceptors (Lipinski definition) is 2. The van der Waals surface area contributed by atoms with Crippen LogP contribution < -0.4 is 5.32 Å². The molecule has 1 rings (SSSR count). The van der Waals surface area contributed by atoms with Gasteiger partial charge in [-0.05, 0) is 24.1 Å². The van der Waals surface area contributed by atoms with Crippen molar-refractivity contribution in [3.05, 3.63) is 35.4 Å². The van der Waals surface area contributed by atoms with Gasteiger partial charge in [-0.15, -0.1) is 0 Å². The normalized spacial score (nSPS) is 10.7. The lowest BCUT2D eigenvalue weighted by Crippen LogP contribution is -2.22. The fraction of sp³-hybridized carbons (Fsp3) is 0.636. The molecule has 0 saturated heterocycles. The van der Waals surface area contributed by atoms with E-state index < -0.39 is 5.97 Å². The molecular weight excluding hydrogens is 326 g/mol. The second-order valence-electron chi connectivity index (χ2n) is 7.06. The molecule has 0 aliphatic heterocycles. The Morgan fingerprint density at radius 2 is 1.31 bits per heavy atom. The number of carbonyl (C=O) groups excluding carboxylic acids is 1. The van der Waals surface area contributed by atoms with E-state index in [1.54, 1.807) is 24.3 Å². The van der Waals surface area contributed by atoms with Crippen LogP contribution in [-0.2, 0) is 11.3 Å². The van der Waals surface area contributed by atoms with Gasteiger partial charge in [-0.1, -0.05) is 83.3 Å². The molecule has 0 bridgehead atoms. The molecule has 26 heavy (non-hydrogen) atoms. The predicted octanol–water partition coefficient (Wildman–Crippen LogP) is 5.70. The molecule has 1 amide bonds. The molecule has 0 aromatic heterocycles. The summed E-state index contributed by atoms with van der Waals surface area (Å²) >= 11 is 0. The van der Waals surface area contributed by atoms with Crippen molar-refractivity contribution in [1.82, 2.24) is 5.32 Å². The van der Waals surface area contributed by atoms with Gasteiger partial charge in [0.1, 0.15) is 0 Å². The second-order valence-corrected chi connectivity index (χ2v) is 7.06. The highest BCUT2D eigenvalue weighted by Gasteiger charge is 2.04. The van der Waals surface area contributed by atoms with Crippen molar-refractivity contribution >= 4 is 11.9 Å². The third-order valence-corrected chi connectivity index (χ3v) is 4.70. The highest BCUT2D eigenvalue weighted by molar-refractivity contribution is 5.87. The van der Waals surface area contributed by atoms with E-state index >= 15 is 0 Å². The highest BCUT2D eigenvalue weighted by Crippen LogP contribution is 2.12. The summed E-state index contributed by atoms with van der Waals surface area (Å²) in [6.07, 6.45) is 14.6. The van der Waals surface area contributed by atoms with E-state index in [0.717, 1.165) is 18.4 Å². The van der Waals surface area contributed by atoms with Crippen LogP contribution >= 0.6 is 0 Å². The number of aromatic carboxylic acids is 1.